The standard InChI is InChI=1S/C10H15N3O4S/c14-3-7(15)4-18-5-8(16)11-10-13-12-9(17-10)6-1-2-6/h6-7,14-15H,1-5H2,(H,11,13,16). The van der Waals surface area contributed by atoms with Crippen LogP contribution in [0.1, 0.15) is 24.7 Å². The zero-order chi connectivity index (χ0) is 13.0. The van der Waals surface area contributed by atoms with Crippen molar-refractivity contribution in [1.29, 1.82) is 0 Å². The number of anilines is 1. The molecule has 3 N–H and O–H groups in total. The third-order valence-corrected chi connectivity index (χ3v) is 3.45. The molecule has 1 unspecified atom stereocenters. The van der Waals surface area contributed by atoms with Crippen molar-refractivity contribution in [2.45, 2.75) is 24.9 Å². The molecule has 100 valence electrons. The van der Waals surface area contributed by atoms with Gasteiger partial charge in [-0.05, 0) is 12.8 Å². The molecule has 1 heterocycles. The molecule has 1 atom stereocenters. The molecule has 0 aromatic carbocycles. The predicted molar refractivity (Wildman–Crippen MR) is 65.3 cm³/mol. The van der Waals surface area contributed by atoms with Crippen molar-refractivity contribution in [2.24, 2.45) is 0 Å². The highest BCUT2D eigenvalue weighted by molar-refractivity contribution is 8.00. The number of rotatable bonds is 7. The summed E-state index contributed by atoms with van der Waals surface area (Å²) in [6.45, 7) is -0.303. The zero-order valence-corrected chi connectivity index (χ0v) is 10.5. The summed E-state index contributed by atoms with van der Waals surface area (Å²) in [5.41, 5.74) is 0. The van der Waals surface area contributed by atoms with Crippen molar-refractivity contribution in [2.75, 3.05) is 23.4 Å². The number of nitrogens with zero attached hydrogens (tertiary/aromatic N) is 2. The maximum Gasteiger partial charge on any atom is 0.322 e. The summed E-state index contributed by atoms with van der Waals surface area (Å²) in [5.74, 6) is 1.14. The number of thioether (sulfide) groups is 1. The van der Waals surface area contributed by atoms with Crippen LogP contribution < -0.4 is 5.32 Å². The van der Waals surface area contributed by atoms with Crippen LogP contribution in [0.15, 0.2) is 4.42 Å². The summed E-state index contributed by atoms with van der Waals surface area (Å²) in [6.07, 6.45) is 1.32. The number of aliphatic hydroxyl groups excluding tert-OH is 2. The van der Waals surface area contributed by atoms with Gasteiger partial charge in [0, 0.05) is 11.7 Å². The first kappa shape index (κ1) is 13.3. The minimum Gasteiger partial charge on any atom is -0.408 e. The van der Waals surface area contributed by atoms with E-state index in [2.05, 4.69) is 15.5 Å². The monoisotopic (exact) mass is 273 g/mol. The van der Waals surface area contributed by atoms with E-state index < -0.39 is 6.10 Å². The van der Waals surface area contributed by atoms with Crippen LogP contribution in [0.5, 0.6) is 0 Å². The molecule has 8 heteroatoms. The molecule has 0 bridgehead atoms. The van der Waals surface area contributed by atoms with E-state index in [1.54, 1.807) is 0 Å². The number of amides is 1. The molecule has 1 saturated carbocycles. The van der Waals surface area contributed by atoms with Gasteiger partial charge in [-0.2, -0.15) is 0 Å². The van der Waals surface area contributed by atoms with Gasteiger partial charge in [-0.25, -0.2) is 0 Å². The molecule has 0 radical (unpaired) electrons. The molecular weight excluding hydrogens is 258 g/mol. The van der Waals surface area contributed by atoms with Crippen LogP contribution in [0.2, 0.25) is 0 Å². The molecule has 1 aliphatic carbocycles. The van der Waals surface area contributed by atoms with Crippen molar-refractivity contribution >= 4 is 23.7 Å². The second-order valence-electron chi connectivity index (χ2n) is 4.12. The van der Waals surface area contributed by atoms with E-state index in [9.17, 15) is 4.79 Å². The van der Waals surface area contributed by atoms with Gasteiger partial charge in [-0.3, -0.25) is 10.1 Å². The molecule has 18 heavy (non-hydrogen) atoms. The molecular formula is C10H15N3O4S. The Morgan fingerprint density at radius 3 is 3.00 bits per heavy atom. The topological polar surface area (TPSA) is 108 Å². The van der Waals surface area contributed by atoms with E-state index in [1.165, 1.54) is 11.8 Å². The van der Waals surface area contributed by atoms with Gasteiger partial charge in [0.15, 0.2) is 0 Å². The molecule has 1 aromatic rings. The Morgan fingerprint density at radius 1 is 1.56 bits per heavy atom. The fourth-order valence-corrected chi connectivity index (χ4v) is 2.03. The second-order valence-corrected chi connectivity index (χ2v) is 5.15. The Kier molecular flexibility index (Phi) is 4.56. The molecule has 7 nitrogen and oxygen atoms in total. The molecule has 0 aliphatic heterocycles. The van der Waals surface area contributed by atoms with E-state index in [0.29, 0.717) is 17.6 Å². The molecule has 0 saturated heterocycles. The second kappa shape index (κ2) is 6.17. The van der Waals surface area contributed by atoms with Gasteiger partial charge in [0.05, 0.1) is 18.5 Å². The summed E-state index contributed by atoms with van der Waals surface area (Å²) in [7, 11) is 0. The number of carbonyl (C=O) groups is 1. The van der Waals surface area contributed by atoms with Gasteiger partial charge in [0.25, 0.3) is 0 Å². The third-order valence-electron chi connectivity index (χ3n) is 2.37. The first-order valence-corrected chi connectivity index (χ1v) is 6.84. The summed E-state index contributed by atoms with van der Waals surface area (Å²) in [6, 6.07) is 0.116. The van der Waals surface area contributed by atoms with Crippen molar-refractivity contribution < 1.29 is 19.4 Å². The van der Waals surface area contributed by atoms with Crippen LogP contribution in [-0.4, -0.2) is 50.5 Å². The van der Waals surface area contributed by atoms with Gasteiger partial charge in [-0.15, -0.1) is 16.9 Å². The third kappa shape index (κ3) is 3.97. The van der Waals surface area contributed by atoms with E-state index in [1.807, 2.05) is 0 Å². The molecule has 2 rings (SSSR count). The maximum atomic E-state index is 11.5. The summed E-state index contributed by atoms with van der Waals surface area (Å²) in [4.78, 5) is 11.5. The lowest BCUT2D eigenvalue weighted by atomic mass is 10.4. The highest BCUT2D eigenvalue weighted by atomic mass is 32.2. The van der Waals surface area contributed by atoms with E-state index in [-0.39, 0.29) is 24.3 Å². The van der Waals surface area contributed by atoms with Crippen molar-refractivity contribution in [1.82, 2.24) is 10.2 Å². The fraction of sp³-hybridized carbons (Fsp3) is 0.700. The quantitative estimate of drug-likeness (QED) is 0.640. The van der Waals surface area contributed by atoms with Crippen LogP contribution in [0, 0.1) is 0 Å². The Balaban J connectivity index is 1.69. The van der Waals surface area contributed by atoms with Crippen molar-refractivity contribution in [3.05, 3.63) is 5.89 Å². The Labute approximate surface area is 108 Å². The summed E-state index contributed by atoms with van der Waals surface area (Å²) in [5, 5.41) is 27.8. The van der Waals surface area contributed by atoms with Gasteiger partial charge in [0.2, 0.25) is 11.8 Å². The lowest BCUT2D eigenvalue weighted by Gasteiger charge is -2.05. The Bertz CT molecular complexity index is 408. The molecule has 0 spiro atoms. The van der Waals surface area contributed by atoms with Gasteiger partial charge < -0.3 is 14.6 Å². The van der Waals surface area contributed by atoms with Crippen LogP contribution in [0.25, 0.3) is 0 Å². The predicted octanol–water partition coefficient (Wildman–Crippen LogP) is -0.0281. The number of aromatic nitrogens is 2. The number of hydrogen-bond acceptors (Lipinski definition) is 7. The molecule has 1 amide bonds. The lowest BCUT2D eigenvalue weighted by molar-refractivity contribution is -0.113. The van der Waals surface area contributed by atoms with E-state index in [4.69, 9.17) is 14.6 Å². The molecule has 1 aliphatic rings. The highest BCUT2D eigenvalue weighted by Crippen LogP contribution is 2.39. The van der Waals surface area contributed by atoms with Crippen molar-refractivity contribution in [3.8, 4) is 0 Å². The van der Waals surface area contributed by atoms with Crippen LogP contribution >= 0.6 is 11.8 Å². The first-order valence-electron chi connectivity index (χ1n) is 5.69. The van der Waals surface area contributed by atoms with Gasteiger partial charge in [-0.1, -0.05) is 5.10 Å². The largest absolute Gasteiger partial charge is 0.408 e. The average Bonchev–Trinajstić information content (AvgIpc) is 3.10. The highest BCUT2D eigenvalue weighted by Gasteiger charge is 2.29. The minimum absolute atomic E-state index is 0.116. The number of carbonyl (C=O) groups excluding carboxylic acids is 1. The lowest BCUT2D eigenvalue weighted by Crippen LogP contribution is -2.19. The normalized spacial score (nSPS) is 16.6. The van der Waals surface area contributed by atoms with Crippen molar-refractivity contribution in [3.63, 3.8) is 0 Å². The molecule has 1 aromatic heterocycles. The van der Waals surface area contributed by atoms with Crippen LogP contribution in [-0.2, 0) is 4.79 Å². The number of hydrogen-bond donors (Lipinski definition) is 3. The average molecular weight is 273 g/mol. The van der Waals surface area contributed by atoms with Gasteiger partial charge >= 0.3 is 6.01 Å². The Hall–Kier alpha value is -1.12. The molecule has 1 fully saturated rings. The Morgan fingerprint density at radius 2 is 2.33 bits per heavy atom. The summed E-state index contributed by atoms with van der Waals surface area (Å²) >= 11 is 1.23. The number of aliphatic hydroxyl groups is 2. The summed E-state index contributed by atoms with van der Waals surface area (Å²) < 4.78 is 5.27. The van der Waals surface area contributed by atoms with Crippen LogP contribution in [0.3, 0.4) is 0 Å². The first-order chi connectivity index (χ1) is 8.69. The smallest absolute Gasteiger partial charge is 0.322 e. The maximum absolute atomic E-state index is 11.5. The van der Waals surface area contributed by atoms with Crippen LogP contribution in [0.4, 0.5) is 6.01 Å². The van der Waals surface area contributed by atoms with Gasteiger partial charge in [0.1, 0.15) is 0 Å². The van der Waals surface area contributed by atoms with E-state index in [0.717, 1.165) is 12.8 Å². The fourth-order valence-electron chi connectivity index (χ4n) is 1.28. The zero-order valence-electron chi connectivity index (χ0n) is 9.70. The van der Waals surface area contributed by atoms with E-state index >= 15 is 0 Å². The minimum atomic E-state index is -0.798. The SMILES string of the molecule is O=C(CSCC(O)CO)Nc1nnc(C2CC2)o1. The number of nitrogens with one attached hydrogen (secondary N) is 1.